The fourth-order valence-corrected chi connectivity index (χ4v) is 5.63. The molecule has 0 aliphatic carbocycles. The van der Waals surface area contributed by atoms with Gasteiger partial charge in [0.05, 0.1) is 6.54 Å². The number of ether oxygens (including phenoxy) is 2. The Morgan fingerprint density at radius 2 is 1.90 bits per heavy atom. The van der Waals surface area contributed by atoms with Crippen LogP contribution < -0.4 is 14.8 Å². The number of aliphatic imine (C=N–C) groups is 1. The number of hydrogen-bond acceptors (Lipinski definition) is 5. The van der Waals surface area contributed by atoms with Crippen LogP contribution in [0.5, 0.6) is 11.5 Å². The summed E-state index contributed by atoms with van der Waals surface area (Å²) in [5.41, 5.74) is 3.86. The van der Waals surface area contributed by atoms with Crippen molar-refractivity contribution >= 4 is 45.5 Å². The highest BCUT2D eigenvalue weighted by molar-refractivity contribution is 8.17. The number of aromatic amines is 1. The standard InChI is InChI=1S/C31H30ClFN4O3S/c1-19(2)41-30(34-3)35-15-17-39-23-9-4-20(5-10-23)29-28-25(26-18-21(32)6-13-27(26)36-28)14-16-37(29)31(38)40-24-11-7-22(33)8-12-24/h4-13,18,29,36H,1,14-17H2,2-3H3,(H,34,35). The zero-order valence-electron chi connectivity index (χ0n) is 22.7. The van der Waals surface area contributed by atoms with E-state index in [0.717, 1.165) is 37.8 Å². The number of hydrogen-bond donors (Lipinski definition) is 2. The Hall–Kier alpha value is -3.95. The highest BCUT2D eigenvalue weighted by Crippen LogP contribution is 2.40. The Labute approximate surface area is 247 Å². The van der Waals surface area contributed by atoms with Crippen molar-refractivity contribution in [2.45, 2.75) is 19.4 Å². The van der Waals surface area contributed by atoms with Gasteiger partial charge in [0.2, 0.25) is 0 Å². The summed E-state index contributed by atoms with van der Waals surface area (Å²) in [6, 6.07) is 18.4. The molecule has 1 aliphatic heterocycles. The number of aromatic nitrogens is 1. The van der Waals surface area contributed by atoms with Crippen molar-refractivity contribution in [3.8, 4) is 11.5 Å². The van der Waals surface area contributed by atoms with Crippen molar-refractivity contribution < 1.29 is 18.7 Å². The second-order valence-corrected chi connectivity index (χ2v) is 11.3. The van der Waals surface area contributed by atoms with Crippen molar-refractivity contribution in [1.29, 1.82) is 0 Å². The van der Waals surface area contributed by atoms with Crippen LogP contribution in [0.3, 0.4) is 0 Å². The lowest BCUT2D eigenvalue weighted by atomic mass is 9.92. The van der Waals surface area contributed by atoms with Crippen molar-refractivity contribution in [3.63, 3.8) is 0 Å². The summed E-state index contributed by atoms with van der Waals surface area (Å²) in [5, 5.41) is 5.72. The van der Waals surface area contributed by atoms with E-state index in [-0.39, 0.29) is 5.75 Å². The molecule has 1 aromatic heterocycles. The quantitative estimate of drug-likeness (QED) is 0.133. The third-order valence-corrected chi connectivity index (χ3v) is 7.76. The minimum Gasteiger partial charge on any atom is -0.492 e. The molecule has 2 heterocycles. The second kappa shape index (κ2) is 12.7. The third kappa shape index (κ3) is 6.69. The van der Waals surface area contributed by atoms with Gasteiger partial charge in [-0.25, -0.2) is 9.18 Å². The number of nitrogens with one attached hydrogen (secondary N) is 2. The van der Waals surface area contributed by atoms with Crippen LogP contribution in [0.2, 0.25) is 5.02 Å². The van der Waals surface area contributed by atoms with E-state index in [1.165, 1.54) is 36.0 Å². The molecule has 0 bridgehead atoms. The van der Waals surface area contributed by atoms with E-state index in [9.17, 15) is 9.18 Å². The third-order valence-electron chi connectivity index (χ3n) is 6.66. The predicted molar refractivity (Wildman–Crippen MR) is 164 cm³/mol. The highest BCUT2D eigenvalue weighted by Gasteiger charge is 2.35. The van der Waals surface area contributed by atoms with Gasteiger partial charge in [0.1, 0.15) is 30.0 Å². The molecule has 0 radical (unpaired) electrons. The SMILES string of the molecule is C=C(C)SC(=NC)NCCOc1ccc(C2c3[nH]c4ccc(Cl)cc4c3CCN2C(=O)Oc2ccc(F)cc2)cc1. The minimum atomic E-state index is -0.517. The number of carbonyl (C=O) groups excluding carboxylic acids is 1. The smallest absolute Gasteiger partial charge is 0.416 e. The average molecular weight is 593 g/mol. The number of amidine groups is 1. The fraction of sp³-hybridized carbons (Fsp3) is 0.226. The topological polar surface area (TPSA) is 79.0 Å². The largest absolute Gasteiger partial charge is 0.492 e. The van der Waals surface area contributed by atoms with Gasteiger partial charge in [0.25, 0.3) is 0 Å². The molecular formula is C31H30ClFN4O3S. The van der Waals surface area contributed by atoms with Gasteiger partial charge in [0.15, 0.2) is 5.17 Å². The molecule has 4 aromatic rings. The van der Waals surface area contributed by atoms with Crippen LogP contribution in [0.4, 0.5) is 9.18 Å². The first-order valence-corrected chi connectivity index (χ1v) is 14.3. The van der Waals surface area contributed by atoms with Gasteiger partial charge in [-0.15, -0.1) is 0 Å². The summed E-state index contributed by atoms with van der Waals surface area (Å²) in [7, 11) is 1.73. The van der Waals surface area contributed by atoms with Crippen molar-refractivity contribution in [1.82, 2.24) is 15.2 Å². The number of rotatable bonds is 7. The lowest BCUT2D eigenvalue weighted by molar-refractivity contribution is 0.135. The summed E-state index contributed by atoms with van der Waals surface area (Å²) in [5.74, 6) is 0.586. The molecule has 10 heteroatoms. The molecule has 1 amide bonds. The number of amides is 1. The van der Waals surface area contributed by atoms with Crippen LogP contribution in [0.15, 0.2) is 83.2 Å². The molecule has 5 rings (SSSR count). The molecular weight excluding hydrogens is 563 g/mol. The van der Waals surface area contributed by atoms with Gasteiger partial charge in [-0.3, -0.25) is 9.89 Å². The number of halogens is 2. The van der Waals surface area contributed by atoms with Gasteiger partial charge in [0, 0.05) is 35.2 Å². The zero-order chi connectivity index (χ0) is 28.9. The van der Waals surface area contributed by atoms with Gasteiger partial charge in [-0.2, -0.15) is 0 Å². The molecule has 7 nitrogen and oxygen atoms in total. The molecule has 1 atom stereocenters. The van der Waals surface area contributed by atoms with Crippen LogP contribution in [0, 0.1) is 5.82 Å². The maximum Gasteiger partial charge on any atom is 0.416 e. The Morgan fingerprint density at radius 1 is 1.17 bits per heavy atom. The number of benzene rings is 3. The molecule has 0 fully saturated rings. The van der Waals surface area contributed by atoms with Crippen LogP contribution in [0.25, 0.3) is 10.9 Å². The normalized spacial score (nSPS) is 15.0. The maximum atomic E-state index is 13.4. The Morgan fingerprint density at radius 3 is 2.61 bits per heavy atom. The van der Waals surface area contributed by atoms with Crippen molar-refractivity contribution in [3.05, 3.63) is 106 Å². The van der Waals surface area contributed by atoms with E-state index in [1.807, 2.05) is 49.4 Å². The van der Waals surface area contributed by atoms with Crippen LogP contribution >= 0.6 is 23.4 Å². The van der Waals surface area contributed by atoms with Crippen LogP contribution in [0.1, 0.15) is 29.8 Å². The first kappa shape index (κ1) is 28.6. The first-order chi connectivity index (χ1) is 19.8. The summed E-state index contributed by atoms with van der Waals surface area (Å²) in [4.78, 5) is 23.8. The molecule has 41 heavy (non-hydrogen) atoms. The van der Waals surface area contributed by atoms with E-state index in [4.69, 9.17) is 21.1 Å². The average Bonchev–Trinajstić information content (AvgIpc) is 3.33. The molecule has 3 aromatic carbocycles. The monoisotopic (exact) mass is 592 g/mol. The van der Waals surface area contributed by atoms with Gasteiger partial charge in [-0.05, 0) is 84.0 Å². The number of H-pyrrole nitrogens is 1. The summed E-state index contributed by atoms with van der Waals surface area (Å²) >= 11 is 7.80. The molecule has 212 valence electrons. The molecule has 0 spiro atoms. The molecule has 1 aliphatic rings. The van der Waals surface area contributed by atoms with E-state index < -0.39 is 18.0 Å². The Kier molecular flexibility index (Phi) is 8.85. The van der Waals surface area contributed by atoms with Gasteiger partial charge in [-0.1, -0.05) is 42.1 Å². The fourth-order valence-electron chi connectivity index (χ4n) is 4.87. The van der Waals surface area contributed by atoms with E-state index >= 15 is 0 Å². The molecule has 1 unspecified atom stereocenters. The van der Waals surface area contributed by atoms with Crippen LogP contribution in [-0.2, 0) is 6.42 Å². The number of fused-ring (bicyclic) bond motifs is 3. The predicted octanol–water partition coefficient (Wildman–Crippen LogP) is 7.33. The number of thioether (sulfide) groups is 1. The first-order valence-electron chi connectivity index (χ1n) is 13.1. The van der Waals surface area contributed by atoms with Crippen molar-refractivity contribution in [2.75, 3.05) is 26.7 Å². The van der Waals surface area contributed by atoms with E-state index in [0.29, 0.717) is 36.9 Å². The van der Waals surface area contributed by atoms with E-state index in [2.05, 4.69) is 21.9 Å². The molecule has 0 saturated heterocycles. The molecule has 2 N–H and O–H groups in total. The van der Waals surface area contributed by atoms with Crippen molar-refractivity contribution in [2.24, 2.45) is 4.99 Å². The summed E-state index contributed by atoms with van der Waals surface area (Å²) in [6.07, 6.45) is 0.113. The van der Waals surface area contributed by atoms with Gasteiger partial charge >= 0.3 is 6.09 Å². The number of carbonyl (C=O) groups is 1. The maximum absolute atomic E-state index is 13.4. The Bertz CT molecular complexity index is 1590. The summed E-state index contributed by atoms with van der Waals surface area (Å²) < 4.78 is 25.0. The summed E-state index contributed by atoms with van der Waals surface area (Å²) in [6.45, 7) is 7.29. The zero-order valence-corrected chi connectivity index (χ0v) is 24.3. The minimum absolute atomic E-state index is 0.277. The number of allylic oxidation sites excluding steroid dienone is 1. The van der Waals surface area contributed by atoms with Crippen LogP contribution in [-0.4, -0.2) is 47.9 Å². The van der Waals surface area contributed by atoms with E-state index in [1.54, 1.807) is 11.9 Å². The lowest BCUT2D eigenvalue weighted by Gasteiger charge is -2.35. The Balaban J connectivity index is 1.37. The molecule has 0 saturated carbocycles. The highest BCUT2D eigenvalue weighted by atomic mass is 35.5. The second-order valence-electron chi connectivity index (χ2n) is 9.55. The number of nitrogens with zero attached hydrogens (tertiary/aromatic N) is 2. The lowest BCUT2D eigenvalue weighted by Crippen LogP contribution is -2.42. The van der Waals surface area contributed by atoms with Gasteiger partial charge < -0.3 is 19.8 Å².